The first-order chi connectivity index (χ1) is 5.16. The van der Waals surface area contributed by atoms with Gasteiger partial charge in [-0.25, -0.2) is 0 Å². The van der Waals surface area contributed by atoms with Crippen LogP contribution in [0.15, 0.2) is 12.7 Å². The minimum absolute atomic E-state index is 0.0952. The van der Waals surface area contributed by atoms with Gasteiger partial charge < -0.3 is 10.6 Å². The van der Waals surface area contributed by atoms with Gasteiger partial charge in [0.2, 0.25) is 5.91 Å². The van der Waals surface area contributed by atoms with E-state index < -0.39 is 0 Å². The molecule has 0 fully saturated rings. The Morgan fingerprint density at radius 2 is 2.36 bits per heavy atom. The normalized spacial score (nSPS) is 9.73. The van der Waals surface area contributed by atoms with Crippen LogP contribution in [0.4, 0.5) is 0 Å². The first kappa shape index (κ1) is 10.2. The number of amides is 1. The third-order valence-corrected chi connectivity index (χ3v) is 1.27. The van der Waals surface area contributed by atoms with Gasteiger partial charge in [-0.2, -0.15) is 0 Å². The van der Waals surface area contributed by atoms with E-state index in [1.807, 2.05) is 0 Å². The number of carbonyl (C=O) groups excluding carboxylic acids is 1. The lowest BCUT2D eigenvalue weighted by Gasteiger charge is -2.04. The summed E-state index contributed by atoms with van der Waals surface area (Å²) in [6.45, 7) is 9.23. The van der Waals surface area contributed by atoms with Crippen LogP contribution >= 0.6 is 0 Å². The summed E-state index contributed by atoms with van der Waals surface area (Å²) in [6, 6.07) is 0.593. The van der Waals surface area contributed by atoms with Crippen LogP contribution in [0, 0.1) is 0 Å². The molecule has 0 aliphatic rings. The standard InChI is InChI=1S/C8H16N2O/c1-4-8(11)10-6-5-9-7(2)3/h4,7,9H,1,5-6H2,2-3H3,(H,10,11)/p+1. The molecule has 0 aliphatic carbocycles. The highest BCUT2D eigenvalue weighted by molar-refractivity contribution is 5.86. The van der Waals surface area contributed by atoms with Crippen LogP contribution in [0.5, 0.6) is 0 Å². The van der Waals surface area contributed by atoms with Crippen molar-refractivity contribution < 1.29 is 10.1 Å². The van der Waals surface area contributed by atoms with Crippen LogP contribution in [0.25, 0.3) is 0 Å². The Balaban J connectivity index is 3.14. The lowest BCUT2D eigenvalue weighted by molar-refractivity contribution is -0.681. The third-order valence-electron chi connectivity index (χ3n) is 1.27. The zero-order valence-electron chi connectivity index (χ0n) is 7.26. The first-order valence-electron chi connectivity index (χ1n) is 3.90. The van der Waals surface area contributed by atoms with Gasteiger partial charge in [-0.15, -0.1) is 0 Å². The molecule has 0 radical (unpaired) electrons. The van der Waals surface area contributed by atoms with Gasteiger partial charge in [-0.1, -0.05) is 6.58 Å². The third kappa shape index (κ3) is 7.06. The molecule has 0 atom stereocenters. The van der Waals surface area contributed by atoms with Crippen LogP contribution in [0.1, 0.15) is 13.8 Å². The van der Waals surface area contributed by atoms with Gasteiger partial charge in [-0.3, -0.25) is 4.79 Å². The molecule has 3 heteroatoms. The molecule has 64 valence electrons. The Kier molecular flexibility index (Phi) is 5.47. The molecule has 3 N–H and O–H groups in total. The SMILES string of the molecule is C=CC(=O)NCC[NH2+]C(C)C. The number of quaternary nitrogens is 1. The van der Waals surface area contributed by atoms with E-state index in [9.17, 15) is 4.79 Å². The van der Waals surface area contributed by atoms with Crippen LogP contribution < -0.4 is 10.6 Å². The maximum Gasteiger partial charge on any atom is 0.243 e. The number of carbonyl (C=O) groups is 1. The lowest BCUT2D eigenvalue weighted by Crippen LogP contribution is -2.89. The largest absolute Gasteiger partial charge is 0.347 e. The van der Waals surface area contributed by atoms with Gasteiger partial charge in [-0.05, 0) is 19.9 Å². The van der Waals surface area contributed by atoms with Crippen LogP contribution in [-0.4, -0.2) is 25.0 Å². The van der Waals surface area contributed by atoms with Crippen molar-refractivity contribution >= 4 is 5.91 Å². The predicted octanol–water partition coefficient (Wildman–Crippen LogP) is -0.740. The van der Waals surface area contributed by atoms with E-state index in [0.717, 1.165) is 6.54 Å². The van der Waals surface area contributed by atoms with Crippen molar-refractivity contribution in [1.29, 1.82) is 0 Å². The van der Waals surface area contributed by atoms with E-state index in [1.54, 1.807) is 0 Å². The summed E-state index contributed by atoms with van der Waals surface area (Å²) in [4.78, 5) is 10.6. The average molecular weight is 157 g/mol. The Bertz CT molecular complexity index is 132. The molecule has 0 saturated heterocycles. The zero-order chi connectivity index (χ0) is 8.69. The molecule has 0 heterocycles. The van der Waals surface area contributed by atoms with Gasteiger partial charge in [0.25, 0.3) is 0 Å². The number of nitrogens with one attached hydrogen (secondary N) is 1. The summed E-state index contributed by atoms with van der Waals surface area (Å²) in [5.41, 5.74) is 0. The molecule has 0 unspecified atom stereocenters. The van der Waals surface area contributed by atoms with Gasteiger partial charge in [0.15, 0.2) is 0 Å². The van der Waals surface area contributed by atoms with Crippen molar-refractivity contribution in [2.75, 3.05) is 13.1 Å². The van der Waals surface area contributed by atoms with Gasteiger partial charge in [0.1, 0.15) is 0 Å². The van der Waals surface area contributed by atoms with Crippen LogP contribution in [0.2, 0.25) is 0 Å². The summed E-state index contributed by atoms with van der Waals surface area (Å²) in [5, 5.41) is 4.87. The minimum Gasteiger partial charge on any atom is -0.347 e. The van der Waals surface area contributed by atoms with Crippen molar-refractivity contribution in [2.24, 2.45) is 0 Å². The molecule has 0 aromatic heterocycles. The molecule has 0 bridgehead atoms. The molecule has 3 nitrogen and oxygen atoms in total. The second-order valence-electron chi connectivity index (χ2n) is 2.76. The highest BCUT2D eigenvalue weighted by Crippen LogP contribution is 1.64. The van der Waals surface area contributed by atoms with Crippen molar-refractivity contribution in [3.8, 4) is 0 Å². The Morgan fingerprint density at radius 1 is 1.73 bits per heavy atom. The molecule has 1 amide bonds. The molecule has 0 spiro atoms. The number of rotatable bonds is 5. The van der Waals surface area contributed by atoms with Gasteiger partial charge >= 0.3 is 0 Å². The zero-order valence-corrected chi connectivity index (χ0v) is 7.26. The second kappa shape index (κ2) is 5.92. The summed E-state index contributed by atoms with van der Waals surface area (Å²) in [5.74, 6) is -0.0952. The fourth-order valence-corrected chi connectivity index (χ4v) is 0.684. The summed E-state index contributed by atoms with van der Waals surface area (Å²) in [7, 11) is 0. The van der Waals surface area contributed by atoms with E-state index in [2.05, 4.69) is 31.1 Å². The molecule has 0 rings (SSSR count). The lowest BCUT2D eigenvalue weighted by atomic mass is 10.4. The highest BCUT2D eigenvalue weighted by Gasteiger charge is 1.96. The Labute approximate surface area is 67.9 Å². The molecule has 0 aliphatic heterocycles. The summed E-state index contributed by atoms with van der Waals surface area (Å²) < 4.78 is 0. The molecule has 11 heavy (non-hydrogen) atoms. The smallest absolute Gasteiger partial charge is 0.243 e. The second-order valence-corrected chi connectivity index (χ2v) is 2.76. The van der Waals surface area contributed by atoms with Gasteiger partial charge in [0.05, 0.1) is 19.1 Å². The average Bonchev–Trinajstić information content (AvgIpc) is 1.97. The minimum atomic E-state index is -0.0952. The fraction of sp³-hybridized carbons (Fsp3) is 0.625. The molecular weight excluding hydrogens is 140 g/mol. The van der Waals surface area contributed by atoms with Crippen molar-refractivity contribution in [2.45, 2.75) is 19.9 Å². The maximum atomic E-state index is 10.6. The fourth-order valence-electron chi connectivity index (χ4n) is 0.684. The Hall–Kier alpha value is -0.830. The topological polar surface area (TPSA) is 45.7 Å². The van der Waals surface area contributed by atoms with Crippen molar-refractivity contribution in [3.05, 3.63) is 12.7 Å². The van der Waals surface area contributed by atoms with E-state index >= 15 is 0 Å². The maximum absolute atomic E-state index is 10.6. The first-order valence-corrected chi connectivity index (χ1v) is 3.90. The van der Waals surface area contributed by atoms with Crippen LogP contribution in [-0.2, 0) is 4.79 Å². The highest BCUT2D eigenvalue weighted by atomic mass is 16.1. The van der Waals surface area contributed by atoms with Crippen molar-refractivity contribution in [3.63, 3.8) is 0 Å². The van der Waals surface area contributed by atoms with E-state index in [0.29, 0.717) is 12.6 Å². The number of hydrogen-bond acceptors (Lipinski definition) is 1. The van der Waals surface area contributed by atoms with Gasteiger partial charge in [0, 0.05) is 0 Å². The molecular formula is C8H17N2O+. The monoisotopic (exact) mass is 157 g/mol. The Morgan fingerprint density at radius 3 is 2.82 bits per heavy atom. The summed E-state index contributed by atoms with van der Waals surface area (Å²) in [6.07, 6.45) is 1.29. The van der Waals surface area contributed by atoms with E-state index in [1.165, 1.54) is 6.08 Å². The number of nitrogens with two attached hydrogens (primary N) is 1. The van der Waals surface area contributed by atoms with Crippen molar-refractivity contribution in [1.82, 2.24) is 5.32 Å². The number of hydrogen-bond donors (Lipinski definition) is 2. The molecule has 0 aromatic carbocycles. The molecule has 0 saturated carbocycles. The van der Waals surface area contributed by atoms with E-state index in [-0.39, 0.29) is 5.91 Å². The van der Waals surface area contributed by atoms with Crippen LogP contribution in [0.3, 0.4) is 0 Å². The van der Waals surface area contributed by atoms with E-state index in [4.69, 9.17) is 0 Å². The predicted molar refractivity (Wildman–Crippen MR) is 45.1 cm³/mol. The quantitative estimate of drug-likeness (QED) is 0.401. The summed E-state index contributed by atoms with van der Waals surface area (Å²) >= 11 is 0. The molecule has 0 aromatic rings.